The topological polar surface area (TPSA) is 0 Å². The van der Waals surface area contributed by atoms with Gasteiger partial charge in [-0.3, -0.25) is 0 Å². The van der Waals surface area contributed by atoms with Crippen LogP contribution in [0.3, 0.4) is 0 Å². The fourth-order valence-corrected chi connectivity index (χ4v) is 10.2. The summed E-state index contributed by atoms with van der Waals surface area (Å²) in [6, 6.07) is 21.7. The van der Waals surface area contributed by atoms with E-state index in [0.717, 1.165) is 16.5 Å². The van der Waals surface area contributed by atoms with Gasteiger partial charge in [-0.2, -0.15) is 0 Å². The van der Waals surface area contributed by atoms with Crippen molar-refractivity contribution in [3.8, 4) is 0 Å². The smallest absolute Gasteiger partial charge is 0.0883 e. The monoisotopic (exact) mass is 700 g/mol. The first-order valence-electron chi connectivity index (χ1n) is 12.6. The van der Waals surface area contributed by atoms with Gasteiger partial charge in [0.05, 0.1) is 14.9 Å². The first-order valence-corrected chi connectivity index (χ1v) is 14.8. The summed E-state index contributed by atoms with van der Waals surface area (Å²) in [5, 5.41) is 4.99. The molecule has 0 saturated heterocycles. The molecule has 0 aliphatic heterocycles. The van der Waals surface area contributed by atoms with Gasteiger partial charge >= 0.3 is 0 Å². The summed E-state index contributed by atoms with van der Waals surface area (Å²) in [5.41, 5.74) is 7.54. The van der Waals surface area contributed by atoms with Crippen LogP contribution in [0.1, 0.15) is 72.9 Å². The van der Waals surface area contributed by atoms with Crippen molar-refractivity contribution in [2.75, 3.05) is 0 Å². The molecule has 2 aliphatic rings. The third-order valence-corrected chi connectivity index (χ3v) is 11.3. The first-order chi connectivity index (χ1) is 16.3. The molecule has 0 unspecified atom stereocenters. The van der Waals surface area contributed by atoms with Gasteiger partial charge in [0.2, 0.25) is 0 Å². The van der Waals surface area contributed by atoms with E-state index < -0.39 is 14.9 Å². The molecule has 0 amide bonds. The molecule has 0 atom stereocenters. The van der Waals surface area contributed by atoms with Crippen molar-refractivity contribution in [3.63, 3.8) is 0 Å². The Bertz CT molecular complexity index is 1230. The van der Waals surface area contributed by atoms with Crippen molar-refractivity contribution < 1.29 is 25.8 Å². The van der Waals surface area contributed by atoms with Gasteiger partial charge in [-0.25, -0.2) is 0 Å². The minimum absolute atomic E-state index is 0. The van der Waals surface area contributed by atoms with E-state index in [0.29, 0.717) is 0 Å². The Morgan fingerprint density at radius 1 is 0.694 bits per heavy atom. The number of hydrogen-bond acceptors (Lipinski definition) is 0. The summed E-state index contributed by atoms with van der Waals surface area (Å²) in [5.74, 6) is 0. The molecule has 2 aliphatic carbocycles. The second-order valence-corrected chi connectivity index (χ2v) is 14.7. The largest absolute Gasteiger partial charge is 0.0885 e. The maximum Gasteiger partial charge on any atom is 0.0883 e. The Morgan fingerprint density at radius 3 is 1.58 bits per heavy atom. The number of halogens is 2. The number of benzene rings is 2. The van der Waals surface area contributed by atoms with Gasteiger partial charge in [-0.15, -0.1) is 0 Å². The van der Waals surface area contributed by atoms with E-state index in [1.165, 1.54) is 43.8 Å². The molecule has 0 saturated carbocycles. The summed E-state index contributed by atoms with van der Waals surface area (Å²) in [7, 11) is -0.853. The predicted octanol–water partition coefficient (Wildman–Crippen LogP) is 9.18. The average Bonchev–Trinajstić information content (AvgIpc) is 3.21. The van der Waals surface area contributed by atoms with Crippen LogP contribution in [0, 0.1) is 10.8 Å². The Labute approximate surface area is 249 Å². The molecule has 0 N–H and O–H groups in total. The molecule has 36 heavy (non-hydrogen) atoms. The molecular weight excluding hydrogens is 662 g/mol. The molecule has 0 aromatic heterocycles. The quantitative estimate of drug-likeness (QED) is 0.279. The van der Waals surface area contributed by atoms with Crippen molar-refractivity contribution in [2.24, 2.45) is 10.8 Å². The summed E-state index contributed by atoms with van der Waals surface area (Å²) in [6.45, 7) is 18.5. The fraction of sp³-hybridized carbons (Fsp3) is 0.375. The molecule has 0 spiro atoms. The number of rotatable bonds is 4. The van der Waals surface area contributed by atoms with Gasteiger partial charge < -0.3 is 0 Å². The van der Waals surface area contributed by atoms with Crippen LogP contribution in [-0.4, -0.2) is 9.52 Å². The van der Waals surface area contributed by atoms with Crippen molar-refractivity contribution in [1.29, 1.82) is 0 Å². The average molecular weight is 700 g/mol. The molecule has 2 aromatic carbocycles. The van der Waals surface area contributed by atoms with E-state index in [-0.39, 0.29) is 36.7 Å². The van der Waals surface area contributed by atoms with Gasteiger partial charge in [0.1, 0.15) is 0 Å². The molecule has 0 nitrogen and oxygen atoms in total. The van der Waals surface area contributed by atoms with E-state index in [9.17, 15) is 0 Å². The zero-order valence-electron chi connectivity index (χ0n) is 22.9. The van der Waals surface area contributed by atoms with Crippen molar-refractivity contribution in [3.05, 3.63) is 115 Å². The zero-order valence-corrected chi connectivity index (χ0v) is 29.5. The van der Waals surface area contributed by atoms with Crippen LogP contribution >= 0.6 is 23.2 Å². The summed E-state index contributed by atoms with van der Waals surface area (Å²) < 4.78 is 0. The van der Waals surface area contributed by atoms with Gasteiger partial charge in [0.25, 0.3) is 0 Å². The van der Waals surface area contributed by atoms with Crippen LogP contribution in [-0.2, 0) is 31.3 Å². The van der Waals surface area contributed by atoms with Crippen LogP contribution in [0.15, 0.2) is 103 Å². The van der Waals surface area contributed by atoms with Gasteiger partial charge in [0, 0.05) is 42.3 Å². The van der Waals surface area contributed by atoms with Gasteiger partial charge in [-0.1, -0.05) is 141 Å². The Morgan fingerprint density at radius 2 is 1.17 bits per heavy atom. The van der Waals surface area contributed by atoms with Gasteiger partial charge in [-0.05, 0) is 52.5 Å². The van der Waals surface area contributed by atoms with Crippen LogP contribution < -0.4 is 0 Å². The Kier molecular flexibility index (Phi) is 8.78. The van der Waals surface area contributed by atoms with Crippen molar-refractivity contribution in [1.82, 2.24) is 0 Å². The van der Waals surface area contributed by atoms with Crippen molar-refractivity contribution >= 4 is 32.7 Å². The minimum atomic E-state index is -0.853. The summed E-state index contributed by atoms with van der Waals surface area (Å²) >= 11 is 14.3. The van der Waals surface area contributed by atoms with E-state index in [2.05, 4.69) is 116 Å². The minimum Gasteiger partial charge on any atom is -0.0885 e. The van der Waals surface area contributed by atoms with E-state index in [1.54, 1.807) is 0 Å². The molecule has 0 radical (unpaired) electrons. The third-order valence-electron chi connectivity index (χ3n) is 7.77. The van der Waals surface area contributed by atoms with Crippen molar-refractivity contribution in [2.45, 2.75) is 67.2 Å². The normalized spacial score (nSPS) is 18.7. The zero-order chi connectivity index (χ0) is 25.8. The molecule has 4 heteroatoms. The molecule has 4 rings (SSSR count). The molecule has 0 heterocycles. The second kappa shape index (κ2) is 10.7. The first kappa shape index (κ1) is 29.6. The molecule has 0 bridgehead atoms. The molecule has 0 fully saturated rings. The predicted molar refractivity (Wildman–Crippen MR) is 157 cm³/mol. The second-order valence-electron chi connectivity index (χ2n) is 12.1. The SMILES string of the molecule is CC1=C(Cl)CC(C(C)(C)C)=C1[SiH2]C1=C(C(C)(C)C)C(c2ccccc2)(c2ccccc2)C(Cl)=C1C.[Hf]. The Hall–Kier alpha value is -0.933. The number of hydrogen-bond donors (Lipinski definition) is 0. The van der Waals surface area contributed by atoms with Crippen LogP contribution in [0.25, 0.3) is 0 Å². The maximum atomic E-state index is 7.53. The van der Waals surface area contributed by atoms with Crippen LogP contribution in [0.2, 0.25) is 0 Å². The molecule has 2 aromatic rings. The summed E-state index contributed by atoms with van der Waals surface area (Å²) in [4.78, 5) is 0. The molecular formula is C32H38Cl2HfSi. The molecule has 188 valence electrons. The standard InChI is InChI=1S/C32H38Cl2Si.Hf/c1-20-25(33)19-24(30(3,4)5)26(20)35-27-21(2)29(34)32(28(27)31(6,7)8,22-15-11-9-12-16-22)23-17-13-10-14-18-23;/h9-18H,19,35H2,1-8H3;. The van der Waals surface area contributed by atoms with E-state index in [1.807, 2.05) is 0 Å². The fourth-order valence-electron chi connectivity index (χ4n) is 6.18. The van der Waals surface area contributed by atoms with E-state index >= 15 is 0 Å². The Balaban J connectivity index is 0.00000361. The van der Waals surface area contributed by atoms with Crippen LogP contribution in [0.4, 0.5) is 0 Å². The number of allylic oxidation sites excluding steroid dienone is 8. The summed E-state index contributed by atoms with van der Waals surface area (Å²) in [6.07, 6.45) is 0.885. The maximum absolute atomic E-state index is 7.53. The van der Waals surface area contributed by atoms with E-state index in [4.69, 9.17) is 23.2 Å². The third kappa shape index (κ3) is 4.93. The van der Waals surface area contributed by atoms with Gasteiger partial charge in [0.15, 0.2) is 0 Å². The van der Waals surface area contributed by atoms with Crippen LogP contribution in [0.5, 0.6) is 0 Å².